The lowest BCUT2D eigenvalue weighted by molar-refractivity contribution is 0.0862. The van der Waals surface area contributed by atoms with Crippen LogP contribution in [0.4, 0.5) is 0 Å². The summed E-state index contributed by atoms with van der Waals surface area (Å²) in [5.74, 6) is 0.445. The van der Waals surface area contributed by atoms with Gasteiger partial charge in [-0.25, -0.2) is 0 Å². The number of rotatable bonds is 4. The fourth-order valence-corrected chi connectivity index (χ4v) is 1.72. The molecule has 0 N–H and O–H groups in total. The molecule has 0 atom stereocenters. The van der Waals surface area contributed by atoms with E-state index < -0.39 is 5.41 Å². The summed E-state index contributed by atoms with van der Waals surface area (Å²) in [5.41, 5.74) is 0.251. The summed E-state index contributed by atoms with van der Waals surface area (Å²) in [5, 5.41) is 0. The molecule has 0 unspecified atom stereocenters. The summed E-state index contributed by atoms with van der Waals surface area (Å²) < 4.78 is 0. The lowest BCUT2D eigenvalue weighted by atomic mass is 9.86. The Bertz CT molecular complexity index is 343. The first kappa shape index (κ1) is 12.6. The van der Waals surface area contributed by atoms with Gasteiger partial charge in [0.25, 0.3) is 0 Å². The molecular formula is C12H15ClOS. The molecule has 0 radical (unpaired) electrons. The van der Waals surface area contributed by atoms with E-state index in [0.717, 1.165) is 10.5 Å². The predicted molar refractivity (Wildman–Crippen MR) is 67.1 cm³/mol. The number of hydrogen-bond acceptors (Lipinski definition) is 2. The predicted octanol–water partition coefficient (Wildman–Crippen LogP) is 3.86. The van der Waals surface area contributed by atoms with E-state index in [1.165, 1.54) is 0 Å². The van der Waals surface area contributed by atoms with Gasteiger partial charge in [0, 0.05) is 21.8 Å². The first-order chi connectivity index (χ1) is 7.01. The van der Waals surface area contributed by atoms with Crippen LogP contribution >= 0.6 is 23.4 Å². The Labute approximate surface area is 100 Å². The van der Waals surface area contributed by atoms with Crippen LogP contribution in [0.3, 0.4) is 0 Å². The standard InChI is InChI=1S/C12H15ClOS/c1-12(2,8-13)11(14)9-4-6-10(15-3)7-5-9/h4-7H,8H2,1-3H3. The number of carbonyl (C=O) groups excluding carboxylic acids is 1. The van der Waals surface area contributed by atoms with Crippen molar-refractivity contribution >= 4 is 29.1 Å². The maximum Gasteiger partial charge on any atom is 0.169 e. The quantitative estimate of drug-likeness (QED) is 0.453. The molecular weight excluding hydrogens is 228 g/mol. The van der Waals surface area contributed by atoms with E-state index >= 15 is 0 Å². The van der Waals surface area contributed by atoms with Crippen LogP contribution in [-0.4, -0.2) is 17.9 Å². The molecule has 0 bridgehead atoms. The molecule has 0 aliphatic carbocycles. The van der Waals surface area contributed by atoms with E-state index in [0.29, 0.717) is 5.88 Å². The first-order valence-corrected chi connectivity index (χ1v) is 6.52. The molecule has 0 amide bonds. The minimum Gasteiger partial charge on any atom is -0.294 e. The molecule has 1 rings (SSSR count). The summed E-state index contributed by atoms with van der Waals surface area (Å²) in [6.07, 6.45) is 2.01. The number of ketones is 1. The van der Waals surface area contributed by atoms with Crippen LogP contribution in [0.25, 0.3) is 0 Å². The summed E-state index contributed by atoms with van der Waals surface area (Å²) in [6, 6.07) is 7.65. The van der Waals surface area contributed by atoms with Gasteiger partial charge in [0.2, 0.25) is 0 Å². The second-order valence-corrected chi connectivity index (χ2v) is 5.22. The van der Waals surface area contributed by atoms with Crippen LogP contribution in [0.1, 0.15) is 24.2 Å². The molecule has 82 valence electrons. The van der Waals surface area contributed by atoms with E-state index in [1.54, 1.807) is 11.8 Å². The molecule has 1 nitrogen and oxygen atoms in total. The van der Waals surface area contributed by atoms with Gasteiger partial charge in [0.15, 0.2) is 5.78 Å². The van der Waals surface area contributed by atoms with Gasteiger partial charge < -0.3 is 0 Å². The Morgan fingerprint density at radius 3 is 2.27 bits per heavy atom. The van der Waals surface area contributed by atoms with Gasteiger partial charge in [-0.1, -0.05) is 26.0 Å². The molecule has 0 spiro atoms. The maximum absolute atomic E-state index is 12.0. The second kappa shape index (κ2) is 5.04. The van der Waals surface area contributed by atoms with Crippen molar-refractivity contribution < 1.29 is 4.79 Å². The van der Waals surface area contributed by atoms with Gasteiger partial charge in [-0.3, -0.25) is 4.79 Å². The average molecular weight is 243 g/mol. The van der Waals surface area contributed by atoms with Crippen molar-refractivity contribution in [2.75, 3.05) is 12.1 Å². The third kappa shape index (κ3) is 2.99. The van der Waals surface area contributed by atoms with Gasteiger partial charge in [0.05, 0.1) is 0 Å². The molecule has 0 saturated carbocycles. The van der Waals surface area contributed by atoms with Crippen molar-refractivity contribution in [3.05, 3.63) is 29.8 Å². The Kier molecular flexibility index (Phi) is 4.23. The molecule has 1 aromatic carbocycles. The number of hydrogen-bond donors (Lipinski definition) is 0. The van der Waals surface area contributed by atoms with E-state index in [4.69, 9.17) is 11.6 Å². The third-order valence-electron chi connectivity index (χ3n) is 2.30. The molecule has 0 aliphatic rings. The molecule has 1 aromatic rings. The van der Waals surface area contributed by atoms with Crippen molar-refractivity contribution in [1.29, 1.82) is 0 Å². The fourth-order valence-electron chi connectivity index (χ4n) is 1.19. The van der Waals surface area contributed by atoms with E-state index in [9.17, 15) is 4.79 Å². The monoisotopic (exact) mass is 242 g/mol. The fraction of sp³-hybridized carbons (Fsp3) is 0.417. The smallest absolute Gasteiger partial charge is 0.169 e. The second-order valence-electron chi connectivity index (χ2n) is 4.08. The van der Waals surface area contributed by atoms with Crippen LogP contribution in [0, 0.1) is 5.41 Å². The summed E-state index contributed by atoms with van der Waals surface area (Å²) in [7, 11) is 0. The van der Waals surface area contributed by atoms with Crippen molar-refractivity contribution in [1.82, 2.24) is 0 Å². The highest BCUT2D eigenvalue weighted by Crippen LogP contribution is 2.24. The van der Waals surface area contributed by atoms with Gasteiger partial charge in [-0.15, -0.1) is 23.4 Å². The normalized spacial score (nSPS) is 11.5. The lowest BCUT2D eigenvalue weighted by Gasteiger charge is -2.19. The molecule has 0 fully saturated rings. The highest BCUT2D eigenvalue weighted by atomic mass is 35.5. The molecule has 0 saturated heterocycles. The Morgan fingerprint density at radius 1 is 1.33 bits per heavy atom. The zero-order valence-corrected chi connectivity index (χ0v) is 10.8. The topological polar surface area (TPSA) is 17.1 Å². The maximum atomic E-state index is 12.0. The Balaban J connectivity index is 2.92. The van der Waals surface area contributed by atoms with Crippen LogP contribution < -0.4 is 0 Å². The largest absolute Gasteiger partial charge is 0.294 e. The van der Waals surface area contributed by atoms with Crippen LogP contribution in [0.5, 0.6) is 0 Å². The number of alkyl halides is 1. The van der Waals surface area contributed by atoms with E-state index in [-0.39, 0.29) is 5.78 Å². The van der Waals surface area contributed by atoms with Crippen molar-refractivity contribution in [2.24, 2.45) is 5.41 Å². The van der Waals surface area contributed by atoms with Gasteiger partial charge in [-0.05, 0) is 18.4 Å². The van der Waals surface area contributed by atoms with Crippen molar-refractivity contribution in [2.45, 2.75) is 18.7 Å². The molecule has 0 aromatic heterocycles. The highest BCUT2D eigenvalue weighted by Gasteiger charge is 2.27. The minimum atomic E-state index is -0.484. The van der Waals surface area contributed by atoms with Crippen LogP contribution in [0.15, 0.2) is 29.2 Å². The summed E-state index contributed by atoms with van der Waals surface area (Å²) in [4.78, 5) is 13.2. The third-order valence-corrected chi connectivity index (χ3v) is 3.71. The minimum absolute atomic E-state index is 0.102. The van der Waals surface area contributed by atoms with Crippen LogP contribution in [-0.2, 0) is 0 Å². The van der Waals surface area contributed by atoms with Crippen molar-refractivity contribution in [3.63, 3.8) is 0 Å². The molecule has 15 heavy (non-hydrogen) atoms. The summed E-state index contributed by atoms with van der Waals surface area (Å²) >= 11 is 7.44. The van der Waals surface area contributed by atoms with Gasteiger partial charge >= 0.3 is 0 Å². The Morgan fingerprint density at radius 2 is 1.87 bits per heavy atom. The van der Waals surface area contributed by atoms with E-state index in [2.05, 4.69) is 0 Å². The van der Waals surface area contributed by atoms with E-state index in [1.807, 2.05) is 44.4 Å². The summed E-state index contributed by atoms with van der Waals surface area (Å²) in [6.45, 7) is 3.73. The highest BCUT2D eigenvalue weighted by molar-refractivity contribution is 7.98. The number of benzene rings is 1. The zero-order chi connectivity index (χ0) is 11.5. The van der Waals surface area contributed by atoms with Gasteiger partial charge in [0.1, 0.15) is 0 Å². The Hall–Kier alpha value is -0.470. The SMILES string of the molecule is CSc1ccc(C(=O)C(C)(C)CCl)cc1. The zero-order valence-electron chi connectivity index (χ0n) is 9.21. The number of halogens is 1. The molecule has 0 aliphatic heterocycles. The number of Topliss-reactive ketones (excluding diaryl/α,β-unsaturated/α-hetero) is 1. The average Bonchev–Trinajstić information content (AvgIpc) is 2.28. The van der Waals surface area contributed by atoms with Crippen molar-refractivity contribution in [3.8, 4) is 0 Å². The molecule has 0 heterocycles. The lowest BCUT2D eigenvalue weighted by Crippen LogP contribution is -2.25. The molecule has 3 heteroatoms. The van der Waals surface area contributed by atoms with Gasteiger partial charge in [-0.2, -0.15) is 0 Å². The number of thioether (sulfide) groups is 1. The number of carbonyl (C=O) groups is 1. The first-order valence-electron chi connectivity index (χ1n) is 4.76. The van der Waals surface area contributed by atoms with Crippen LogP contribution in [0.2, 0.25) is 0 Å².